The summed E-state index contributed by atoms with van der Waals surface area (Å²) in [7, 11) is 0. The Kier molecular flexibility index (Phi) is 3.50. The van der Waals surface area contributed by atoms with Crippen LogP contribution in [-0.2, 0) is 9.59 Å². The lowest BCUT2D eigenvalue weighted by Crippen LogP contribution is -2.06. The second kappa shape index (κ2) is 4.43. The van der Waals surface area contributed by atoms with Gasteiger partial charge in [-0.25, -0.2) is 4.79 Å². The number of benzene rings is 1. The number of hydrogen-bond donors (Lipinski definition) is 1. The van der Waals surface area contributed by atoms with E-state index >= 15 is 0 Å². The third-order valence-electron chi connectivity index (χ3n) is 1.20. The van der Waals surface area contributed by atoms with E-state index < -0.39 is 11.1 Å². The van der Waals surface area contributed by atoms with Crippen LogP contribution in [0.1, 0.15) is 0 Å². The summed E-state index contributed by atoms with van der Waals surface area (Å²) in [6, 6.07) is 6.85. The number of thioether (sulfide) groups is 1. The van der Waals surface area contributed by atoms with E-state index in [4.69, 9.17) is 5.11 Å². The molecule has 1 rings (SSSR count). The largest absolute Gasteiger partial charge is 0.475 e. The van der Waals surface area contributed by atoms with E-state index in [9.17, 15) is 9.59 Å². The highest BCUT2D eigenvalue weighted by atomic mass is 79.9. The molecular weight excluding hydrogens is 256 g/mol. The first kappa shape index (κ1) is 10.3. The van der Waals surface area contributed by atoms with Crippen LogP contribution in [-0.4, -0.2) is 16.2 Å². The molecular formula is C8H5BrO3S. The van der Waals surface area contributed by atoms with Crippen molar-refractivity contribution < 1.29 is 14.7 Å². The van der Waals surface area contributed by atoms with Crippen molar-refractivity contribution in [2.24, 2.45) is 0 Å². The van der Waals surface area contributed by atoms with Gasteiger partial charge in [0.15, 0.2) is 0 Å². The zero-order valence-corrected chi connectivity index (χ0v) is 8.76. The zero-order chi connectivity index (χ0) is 9.84. The van der Waals surface area contributed by atoms with Gasteiger partial charge in [0.1, 0.15) is 0 Å². The van der Waals surface area contributed by atoms with Crippen molar-refractivity contribution in [2.45, 2.75) is 4.90 Å². The summed E-state index contributed by atoms with van der Waals surface area (Å²) in [5.74, 6) is -1.42. The third kappa shape index (κ3) is 3.20. The van der Waals surface area contributed by atoms with Crippen LogP contribution in [0.3, 0.4) is 0 Å². The van der Waals surface area contributed by atoms with Gasteiger partial charge in [-0.2, -0.15) is 0 Å². The Morgan fingerprint density at radius 1 is 1.23 bits per heavy atom. The Morgan fingerprint density at radius 2 is 1.77 bits per heavy atom. The van der Waals surface area contributed by atoms with Crippen LogP contribution in [0.4, 0.5) is 0 Å². The predicted molar refractivity (Wildman–Crippen MR) is 52.6 cm³/mol. The molecule has 0 aliphatic heterocycles. The Hall–Kier alpha value is -0.810. The van der Waals surface area contributed by atoms with E-state index in [1.54, 1.807) is 24.3 Å². The van der Waals surface area contributed by atoms with Crippen LogP contribution in [0.25, 0.3) is 0 Å². The number of carboxylic acids is 1. The van der Waals surface area contributed by atoms with Crippen LogP contribution in [0.15, 0.2) is 33.6 Å². The quantitative estimate of drug-likeness (QED) is 0.621. The molecule has 68 valence electrons. The van der Waals surface area contributed by atoms with Gasteiger partial charge in [-0.3, -0.25) is 4.79 Å². The number of aliphatic carboxylic acids is 1. The highest BCUT2D eigenvalue weighted by Gasteiger charge is 2.12. The van der Waals surface area contributed by atoms with Crippen molar-refractivity contribution >= 4 is 38.8 Å². The van der Waals surface area contributed by atoms with Crippen molar-refractivity contribution in [3.63, 3.8) is 0 Å². The minimum Gasteiger partial charge on any atom is -0.475 e. The molecule has 0 spiro atoms. The molecule has 5 heteroatoms. The first-order valence-corrected chi connectivity index (χ1v) is 4.91. The number of halogens is 1. The predicted octanol–water partition coefficient (Wildman–Crippen LogP) is 2.15. The van der Waals surface area contributed by atoms with Gasteiger partial charge in [0.25, 0.3) is 0 Å². The maximum absolute atomic E-state index is 10.7. The summed E-state index contributed by atoms with van der Waals surface area (Å²) < 4.78 is 0.889. The average Bonchev–Trinajstić information content (AvgIpc) is 2.08. The van der Waals surface area contributed by atoms with Crippen LogP contribution in [0, 0.1) is 0 Å². The molecule has 0 aliphatic carbocycles. The van der Waals surface area contributed by atoms with Crippen molar-refractivity contribution in [2.75, 3.05) is 0 Å². The molecule has 13 heavy (non-hydrogen) atoms. The monoisotopic (exact) mass is 260 g/mol. The number of carboxylic acid groups (broad SMARTS) is 1. The number of carbonyl (C=O) groups is 2. The SMILES string of the molecule is O=C(O)C(=O)Sc1ccc(Br)cc1. The lowest BCUT2D eigenvalue weighted by molar-refractivity contribution is -0.144. The number of carbonyl (C=O) groups excluding carboxylic acids is 1. The molecule has 0 fully saturated rings. The molecule has 0 radical (unpaired) electrons. The molecule has 0 unspecified atom stereocenters. The Morgan fingerprint density at radius 3 is 2.23 bits per heavy atom. The molecule has 0 atom stereocenters. The standard InChI is InChI=1S/C8H5BrO3S/c9-5-1-3-6(4-2-5)13-8(12)7(10)11/h1-4H,(H,10,11). The summed E-state index contributed by atoms with van der Waals surface area (Å²) in [4.78, 5) is 21.6. The fraction of sp³-hybridized carbons (Fsp3) is 0. The summed E-state index contributed by atoms with van der Waals surface area (Å²) in [5.41, 5.74) is 0. The molecule has 0 saturated heterocycles. The molecule has 1 aromatic rings. The smallest absolute Gasteiger partial charge is 0.383 e. The van der Waals surface area contributed by atoms with Crippen LogP contribution in [0.2, 0.25) is 0 Å². The molecule has 0 amide bonds. The first-order chi connectivity index (χ1) is 6.09. The van der Waals surface area contributed by atoms with Gasteiger partial charge in [0, 0.05) is 9.37 Å². The zero-order valence-electron chi connectivity index (χ0n) is 6.36. The Labute approximate surface area is 87.3 Å². The fourth-order valence-corrected chi connectivity index (χ4v) is 1.49. The molecule has 1 aromatic carbocycles. The van der Waals surface area contributed by atoms with E-state index in [0.717, 1.165) is 4.47 Å². The fourth-order valence-electron chi connectivity index (χ4n) is 0.653. The van der Waals surface area contributed by atoms with Gasteiger partial charge in [0.05, 0.1) is 0 Å². The highest BCUT2D eigenvalue weighted by molar-refractivity contribution is 9.10. The summed E-state index contributed by atoms with van der Waals surface area (Å²) in [5, 5.41) is 7.45. The summed E-state index contributed by atoms with van der Waals surface area (Å²) in [6.45, 7) is 0. The van der Waals surface area contributed by atoms with Crippen molar-refractivity contribution in [3.8, 4) is 0 Å². The maximum Gasteiger partial charge on any atom is 0.383 e. The van der Waals surface area contributed by atoms with Gasteiger partial charge in [0.2, 0.25) is 0 Å². The number of hydrogen-bond acceptors (Lipinski definition) is 3. The van der Waals surface area contributed by atoms with Crippen molar-refractivity contribution in [1.82, 2.24) is 0 Å². The second-order valence-electron chi connectivity index (χ2n) is 2.15. The molecule has 3 nitrogen and oxygen atoms in total. The van der Waals surface area contributed by atoms with Crippen LogP contribution in [0.5, 0.6) is 0 Å². The van der Waals surface area contributed by atoms with Crippen LogP contribution >= 0.6 is 27.7 Å². The van der Waals surface area contributed by atoms with Gasteiger partial charge < -0.3 is 5.11 Å². The molecule has 0 aromatic heterocycles. The van der Waals surface area contributed by atoms with E-state index in [1.165, 1.54) is 0 Å². The molecule has 0 heterocycles. The minimum absolute atomic E-state index is 0.621. The topological polar surface area (TPSA) is 54.4 Å². The van der Waals surface area contributed by atoms with Crippen molar-refractivity contribution in [3.05, 3.63) is 28.7 Å². The third-order valence-corrected chi connectivity index (χ3v) is 2.60. The van der Waals surface area contributed by atoms with Crippen molar-refractivity contribution in [1.29, 1.82) is 0 Å². The Bertz CT molecular complexity index is 334. The lowest BCUT2D eigenvalue weighted by atomic mass is 10.4. The summed E-state index contributed by atoms with van der Waals surface area (Å²) in [6.07, 6.45) is 0. The average molecular weight is 261 g/mol. The van der Waals surface area contributed by atoms with Crippen LogP contribution < -0.4 is 0 Å². The minimum atomic E-state index is -1.42. The van der Waals surface area contributed by atoms with E-state index in [-0.39, 0.29) is 0 Å². The van der Waals surface area contributed by atoms with Gasteiger partial charge in [-0.05, 0) is 36.0 Å². The highest BCUT2D eigenvalue weighted by Crippen LogP contribution is 2.21. The summed E-state index contributed by atoms with van der Waals surface area (Å²) >= 11 is 3.93. The van der Waals surface area contributed by atoms with E-state index in [0.29, 0.717) is 16.7 Å². The lowest BCUT2D eigenvalue weighted by Gasteiger charge is -1.96. The van der Waals surface area contributed by atoms with E-state index in [1.807, 2.05) is 0 Å². The molecule has 0 aliphatic rings. The first-order valence-electron chi connectivity index (χ1n) is 3.30. The van der Waals surface area contributed by atoms with Gasteiger partial charge in [-0.15, -0.1) is 0 Å². The maximum atomic E-state index is 10.7. The van der Waals surface area contributed by atoms with E-state index in [2.05, 4.69) is 15.9 Å². The second-order valence-corrected chi connectivity index (χ2v) is 4.11. The molecule has 0 bridgehead atoms. The van der Waals surface area contributed by atoms with Gasteiger partial charge in [-0.1, -0.05) is 15.9 Å². The molecule has 1 N–H and O–H groups in total. The Balaban J connectivity index is 2.70. The van der Waals surface area contributed by atoms with Gasteiger partial charge >= 0.3 is 11.1 Å². The molecule has 0 saturated carbocycles. The number of rotatable bonds is 1. The normalized spacial score (nSPS) is 9.62.